The lowest BCUT2D eigenvalue weighted by atomic mass is 9.95. The second-order valence-corrected chi connectivity index (χ2v) is 6.44. The lowest BCUT2D eigenvalue weighted by Gasteiger charge is -2.31. The molecule has 1 saturated heterocycles. The van der Waals surface area contributed by atoms with Gasteiger partial charge < -0.3 is 10.2 Å². The van der Waals surface area contributed by atoms with Gasteiger partial charge in [0.25, 0.3) is 0 Å². The zero-order valence-corrected chi connectivity index (χ0v) is 12.7. The fourth-order valence-electron chi connectivity index (χ4n) is 3.36. The number of carbonyl (C=O) groups is 1. The number of rotatable bonds is 3. The molecule has 1 N–H and O–H groups in total. The quantitative estimate of drug-likeness (QED) is 0.946. The summed E-state index contributed by atoms with van der Waals surface area (Å²) in [5.41, 5.74) is 1.83. The molecule has 1 saturated carbocycles. The number of anilines is 1. The number of pyridine rings is 1. The molecule has 1 aromatic heterocycles. The van der Waals surface area contributed by atoms with E-state index in [2.05, 4.69) is 15.2 Å². The largest absolute Gasteiger partial charge is 0.326 e. The topological polar surface area (TPSA) is 45.2 Å². The summed E-state index contributed by atoms with van der Waals surface area (Å²) in [4.78, 5) is 19.3. The van der Waals surface area contributed by atoms with Crippen LogP contribution in [0.5, 0.6) is 0 Å². The summed E-state index contributed by atoms with van der Waals surface area (Å²) in [6.45, 7) is 2.15. The van der Waals surface area contributed by atoms with Gasteiger partial charge in [-0.05, 0) is 63.0 Å². The van der Waals surface area contributed by atoms with Gasteiger partial charge in [0.1, 0.15) is 0 Å². The second-order valence-electron chi connectivity index (χ2n) is 6.44. The van der Waals surface area contributed by atoms with Gasteiger partial charge >= 0.3 is 0 Å². The predicted molar refractivity (Wildman–Crippen MR) is 87.7 cm³/mol. The van der Waals surface area contributed by atoms with Crippen molar-refractivity contribution in [1.29, 1.82) is 0 Å². The Labute approximate surface area is 130 Å². The van der Waals surface area contributed by atoms with Crippen LogP contribution in [0.1, 0.15) is 25.7 Å². The van der Waals surface area contributed by atoms with E-state index in [1.54, 1.807) is 6.20 Å². The van der Waals surface area contributed by atoms with E-state index in [0.717, 1.165) is 48.6 Å². The van der Waals surface area contributed by atoms with Crippen LogP contribution in [-0.2, 0) is 4.79 Å². The van der Waals surface area contributed by atoms with E-state index in [-0.39, 0.29) is 11.8 Å². The number of piperidine rings is 1. The van der Waals surface area contributed by atoms with Gasteiger partial charge in [-0.2, -0.15) is 0 Å². The minimum Gasteiger partial charge on any atom is -0.326 e. The monoisotopic (exact) mass is 295 g/mol. The van der Waals surface area contributed by atoms with Crippen molar-refractivity contribution in [2.45, 2.75) is 31.7 Å². The van der Waals surface area contributed by atoms with Crippen LogP contribution in [0.25, 0.3) is 10.9 Å². The minimum absolute atomic E-state index is 0.152. The Bertz CT molecular complexity index is 688. The molecule has 0 spiro atoms. The van der Waals surface area contributed by atoms with Crippen LogP contribution >= 0.6 is 0 Å². The van der Waals surface area contributed by atoms with Crippen molar-refractivity contribution in [2.24, 2.45) is 5.92 Å². The maximum Gasteiger partial charge on any atom is 0.227 e. The van der Waals surface area contributed by atoms with Gasteiger partial charge in [0.05, 0.1) is 5.52 Å². The van der Waals surface area contributed by atoms with E-state index in [4.69, 9.17) is 0 Å². The number of amides is 1. The standard InChI is InChI=1S/C18H21N3O/c22-18(13-7-10-21(11-8-13)16-4-5-16)20-15-3-6-17-14(12-15)2-1-9-19-17/h1-3,6,9,12-13,16H,4-5,7-8,10-11H2,(H,20,22). The van der Waals surface area contributed by atoms with Crippen molar-refractivity contribution in [3.05, 3.63) is 36.5 Å². The van der Waals surface area contributed by atoms with Gasteiger partial charge in [-0.15, -0.1) is 0 Å². The Morgan fingerprint density at radius 3 is 2.73 bits per heavy atom. The van der Waals surface area contributed by atoms with Gasteiger partial charge in [0.15, 0.2) is 0 Å². The molecule has 2 heterocycles. The zero-order chi connectivity index (χ0) is 14.9. The fourth-order valence-corrected chi connectivity index (χ4v) is 3.36. The SMILES string of the molecule is O=C(Nc1ccc2ncccc2c1)C1CCN(C2CC2)CC1. The highest BCUT2D eigenvalue weighted by atomic mass is 16.1. The molecule has 114 valence electrons. The van der Waals surface area contributed by atoms with E-state index in [1.165, 1.54) is 12.8 Å². The lowest BCUT2D eigenvalue weighted by Crippen LogP contribution is -2.39. The first-order valence-electron chi connectivity index (χ1n) is 8.19. The highest BCUT2D eigenvalue weighted by Crippen LogP contribution is 2.31. The van der Waals surface area contributed by atoms with E-state index in [1.807, 2.05) is 30.3 Å². The number of nitrogens with one attached hydrogen (secondary N) is 1. The first-order valence-corrected chi connectivity index (χ1v) is 8.19. The third kappa shape index (κ3) is 2.83. The predicted octanol–water partition coefficient (Wildman–Crippen LogP) is 3.05. The van der Waals surface area contributed by atoms with Crippen molar-refractivity contribution >= 4 is 22.5 Å². The number of hydrogen-bond acceptors (Lipinski definition) is 3. The molecule has 0 unspecified atom stereocenters. The molecule has 2 fully saturated rings. The molecule has 1 aliphatic carbocycles. The van der Waals surface area contributed by atoms with Crippen LogP contribution in [0, 0.1) is 5.92 Å². The van der Waals surface area contributed by atoms with Crippen molar-refractivity contribution in [2.75, 3.05) is 18.4 Å². The van der Waals surface area contributed by atoms with Gasteiger partial charge in [-0.25, -0.2) is 0 Å². The number of fused-ring (bicyclic) bond motifs is 1. The first-order chi connectivity index (χ1) is 10.8. The molecule has 0 radical (unpaired) electrons. The van der Waals surface area contributed by atoms with Crippen molar-refractivity contribution < 1.29 is 4.79 Å². The molecule has 4 nitrogen and oxygen atoms in total. The molecule has 4 heteroatoms. The van der Waals surface area contributed by atoms with Crippen LogP contribution < -0.4 is 5.32 Å². The summed E-state index contributed by atoms with van der Waals surface area (Å²) in [7, 11) is 0. The molecule has 1 amide bonds. The highest BCUT2D eigenvalue weighted by molar-refractivity contribution is 5.95. The molecule has 0 bridgehead atoms. The van der Waals surface area contributed by atoms with Crippen molar-refractivity contribution in [1.82, 2.24) is 9.88 Å². The molecule has 2 aromatic rings. The number of aromatic nitrogens is 1. The Morgan fingerprint density at radius 1 is 1.14 bits per heavy atom. The second kappa shape index (κ2) is 5.69. The third-order valence-corrected chi connectivity index (χ3v) is 4.83. The van der Waals surface area contributed by atoms with E-state index >= 15 is 0 Å². The van der Waals surface area contributed by atoms with Crippen molar-refractivity contribution in [3.63, 3.8) is 0 Å². The summed E-state index contributed by atoms with van der Waals surface area (Å²) in [5.74, 6) is 0.318. The molecular weight excluding hydrogens is 274 g/mol. The Morgan fingerprint density at radius 2 is 1.95 bits per heavy atom. The van der Waals surface area contributed by atoms with Crippen LogP contribution in [0.3, 0.4) is 0 Å². The maximum absolute atomic E-state index is 12.5. The smallest absolute Gasteiger partial charge is 0.227 e. The Balaban J connectivity index is 1.40. The van der Waals surface area contributed by atoms with Gasteiger partial charge in [-0.3, -0.25) is 9.78 Å². The maximum atomic E-state index is 12.5. The third-order valence-electron chi connectivity index (χ3n) is 4.83. The molecule has 4 rings (SSSR count). The average molecular weight is 295 g/mol. The van der Waals surface area contributed by atoms with Crippen LogP contribution in [0.2, 0.25) is 0 Å². The Hall–Kier alpha value is -1.94. The Kier molecular flexibility index (Phi) is 3.54. The molecule has 1 aromatic carbocycles. The summed E-state index contributed by atoms with van der Waals surface area (Å²) < 4.78 is 0. The minimum atomic E-state index is 0.152. The summed E-state index contributed by atoms with van der Waals surface area (Å²) >= 11 is 0. The normalized spacial score (nSPS) is 20.2. The number of likely N-dealkylation sites (tertiary alicyclic amines) is 1. The van der Waals surface area contributed by atoms with Gasteiger partial charge in [-0.1, -0.05) is 6.07 Å². The molecular formula is C18H21N3O. The van der Waals surface area contributed by atoms with Crippen LogP contribution in [0.15, 0.2) is 36.5 Å². The highest BCUT2D eigenvalue weighted by Gasteiger charge is 2.33. The van der Waals surface area contributed by atoms with Gasteiger partial charge in [0.2, 0.25) is 5.91 Å². The number of hydrogen-bond donors (Lipinski definition) is 1. The van der Waals surface area contributed by atoms with Crippen LogP contribution in [-0.4, -0.2) is 34.9 Å². The van der Waals surface area contributed by atoms with E-state index < -0.39 is 0 Å². The molecule has 1 aliphatic heterocycles. The van der Waals surface area contributed by atoms with Crippen LogP contribution in [0.4, 0.5) is 5.69 Å². The van der Waals surface area contributed by atoms with Gasteiger partial charge in [0, 0.05) is 29.2 Å². The fraction of sp³-hybridized carbons (Fsp3) is 0.444. The molecule has 0 atom stereocenters. The van der Waals surface area contributed by atoms with E-state index in [9.17, 15) is 4.79 Å². The lowest BCUT2D eigenvalue weighted by molar-refractivity contribution is -0.121. The molecule has 22 heavy (non-hydrogen) atoms. The summed E-state index contributed by atoms with van der Waals surface area (Å²) in [6, 6.07) is 10.7. The summed E-state index contributed by atoms with van der Waals surface area (Å²) in [5, 5.41) is 4.14. The van der Waals surface area contributed by atoms with E-state index in [0.29, 0.717) is 0 Å². The number of nitrogens with zero attached hydrogens (tertiary/aromatic N) is 2. The number of benzene rings is 1. The first kappa shape index (κ1) is 13.7. The molecule has 2 aliphatic rings. The van der Waals surface area contributed by atoms with Crippen molar-refractivity contribution in [3.8, 4) is 0 Å². The number of carbonyl (C=O) groups excluding carboxylic acids is 1. The summed E-state index contributed by atoms with van der Waals surface area (Å²) in [6.07, 6.45) is 6.45. The average Bonchev–Trinajstić information content (AvgIpc) is 3.40. The zero-order valence-electron chi connectivity index (χ0n) is 12.7.